The number of rotatable bonds is 5. The summed E-state index contributed by atoms with van der Waals surface area (Å²) < 4.78 is 5.33. The van der Waals surface area contributed by atoms with Crippen LogP contribution in [-0.2, 0) is 4.74 Å². The molecule has 5 heteroatoms. The number of morpholine rings is 1. The molecule has 0 aromatic heterocycles. The van der Waals surface area contributed by atoms with E-state index in [1.54, 1.807) is 0 Å². The van der Waals surface area contributed by atoms with Crippen LogP contribution in [0.5, 0.6) is 0 Å². The standard InChI is InChI=1S/C14H27N3OS/c19-14(16-12-13-4-2-1-3-5-13)15-6-7-17-8-10-18-11-9-17/h13H,1-12H2,(H2,15,16,19). The summed E-state index contributed by atoms with van der Waals surface area (Å²) in [5.74, 6) is 0.827. The highest BCUT2D eigenvalue weighted by atomic mass is 32.1. The first-order valence-corrected chi connectivity index (χ1v) is 8.07. The van der Waals surface area contributed by atoms with Gasteiger partial charge in [-0.2, -0.15) is 0 Å². The Balaban J connectivity index is 1.49. The Labute approximate surface area is 122 Å². The predicted octanol–water partition coefficient (Wildman–Crippen LogP) is 1.36. The molecule has 2 rings (SSSR count). The van der Waals surface area contributed by atoms with Crippen LogP contribution in [0.2, 0.25) is 0 Å². The fourth-order valence-corrected chi connectivity index (χ4v) is 3.03. The minimum absolute atomic E-state index is 0.818. The zero-order valence-electron chi connectivity index (χ0n) is 11.8. The van der Waals surface area contributed by atoms with Crippen LogP contribution >= 0.6 is 12.2 Å². The van der Waals surface area contributed by atoms with E-state index in [4.69, 9.17) is 17.0 Å². The quantitative estimate of drug-likeness (QED) is 0.746. The van der Waals surface area contributed by atoms with E-state index in [0.29, 0.717) is 0 Å². The molecule has 0 bridgehead atoms. The van der Waals surface area contributed by atoms with Crippen molar-refractivity contribution in [2.24, 2.45) is 5.92 Å². The lowest BCUT2D eigenvalue weighted by atomic mass is 9.89. The average Bonchev–Trinajstić information content (AvgIpc) is 2.47. The van der Waals surface area contributed by atoms with Crippen molar-refractivity contribution in [2.75, 3.05) is 45.9 Å². The first-order chi connectivity index (χ1) is 9.34. The summed E-state index contributed by atoms with van der Waals surface area (Å²) in [5.41, 5.74) is 0. The van der Waals surface area contributed by atoms with E-state index in [0.717, 1.165) is 57.0 Å². The number of thiocarbonyl (C=S) groups is 1. The zero-order chi connectivity index (χ0) is 13.3. The third-order valence-electron chi connectivity index (χ3n) is 4.09. The van der Waals surface area contributed by atoms with Gasteiger partial charge < -0.3 is 15.4 Å². The lowest BCUT2D eigenvalue weighted by molar-refractivity contribution is 0.0389. The van der Waals surface area contributed by atoms with Crippen LogP contribution in [0.1, 0.15) is 32.1 Å². The average molecular weight is 285 g/mol. The first-order valence-electron chi connectivity index (χ1n) is 7.66. The summed E-state index contributed by atoms with van der Waals surface area (Å²) in [7, 11) is 0. The largest absolute Gasteiger partial charge is 0.379 e. The predicted molar refractivity (Wildman–Crippen MR) is 82.4 cm³/mol. The highest BCUT2D eigenvalue weighted by Crippen LogP contribution is 2.22. The molecule has 0 atom stereocenters. The number of ether oxygens (including phenoxy) is 1. The molecule has 0 radical (unpaired) electrons. The summed E-state index contributed by atoms with van der Waals surface area (Å²) >= 11 is 5.32. The molecule has 1 heterocycles. The molecule has 110 valence electrons. The smallest absolute Gasteiger partial charge is 0.166 e. The maximum absolute atomic E-state index is 5.33. The summed E-state index contributed by atoms with van der Waals surface area (Å²) in [6.45, 7) is 6.84. The van der Waals surface area contributed by atoms with Gasteiger partial charge in [0.2, 0.25) is 0 Å². The van der Waals surface area contributed by atoms with Gasteiger partial charge in [0.05, 0.1) is 13.2 Å². The van der Waals surface area contributed by atoms with Crippen LogP contribution in [0.15, 0.2) is 0 Å². The molecule has 4 nitrogen and oxygen atoms in total. The fourth-order valence-electron chi connectivity index (χ4n) is 2.84. The van der Waals surface area contributed by atoms with Crippen LogP contribution in [0.3, 0.4) is 0 Å². The molecule has 1 aliphatic carbocycles. The van der Waals surface area contributed by atoms with E-state index in [9.17, 15) is 0 Å². The van der Waals surface area contributed by atoms with E-state index in [2.05, 4.69) is 15.5 Å². The Morgan fingerprint density at radius 2 is 1.84 bits per heavy atom. The Kier molecular flexibility index (Phi) is 6.88. The minimum atomic E-state index is 0.818. The third-order valence-corrected chi connectivity index (χ3v) is 4.38. The maximum atomic E-state index is 5.33. The highest BCUT2D eigenvalue weighted by Gasteiger charge is 2.13. The highest BCUT2D eigenvalue weighted by molar-refractivity contribution is 7.80. The van der Waals surface area contributed by atoms with Crippen LogP contribution < -0.4 is 10.6 Å². The molecule has 19 heavy (non-hydrogen) atoms. The van der Waals surface area contributed by atoms with Crippen LogP contribution in [-0.4, -0.2) is 55.9 Å². The van der Waals surface area contributed by atoms with Crippen molar-refractivity contribution in [2.45, 2.75) is 32.1 Å². The van der Waals surface area contributed by atoms with Gasteiger partial charge in [-0.3, -0.25) is 4.90 Å². The van der Waals surface area contributed by atoms with Gasteiger partial charge >= 0.3 is 0 Å². The van der Waals surface area contributed by atoms with Crippen molar-refractivity contribution in [3.05, 3.63) is 0 Å². The van der Waals surface area contributed by atoms with Gasteiger partial charge in [0.1, 0.15) is 0 Å². The Morgan fingerprint density at radius 1 is 1.11 bits per heavy atom. The Hall–Kier alpha value is -0.390. The van der Waals surface area contributed by atoms with E-state index < -0.39 is 0 Å². The van der Waals surface area contributed by atoms with E-state index in [1.807, 2.05) is 0 Å². The Bertz CT molecular complexity index is 263. The molecule has 2 fully saturated rings. The molecule has 1 saturated heterocycles. The molecule has 1 aliphatic heterocycles. The fraction of sp³-hybridized carbons (Fsp3) is 0.929. The molecular formula is C14H27N3OS. The van der Waals surface area contributed by atoms with E-state index in [1.165, 1.54) is 32.1 Å². The SMILES string of the molecule is S=C(NCCN1CCOCC1)NCC1CCCCC1. The summed E-state index contributed by atoms with van der Waals surface area (Å²) in [6, 6.07) is 0. The van der Waals surface area contributed by atoms with Gasteiger partial charge in [-0.15, -0.1) is 0 Å². The monoisotopic (exact) mass is 285 g/mol. The summed E-state index contributed by atoms with van der Waals surface area (Å²) in [5, 5.41) is 7.49. The molecule has 2 N–H and O–H groups in total. The topological polar surface area (TPSA) is 36.5 Å². The Morgan fingerprint density at radius 3 is 2.58 bits per heavy atom. The van der Waals surface area contributed by atoms with Crippen molar-refractivity contribution in [1.82, 2.24) is 15.5 Å². The lowest BCUT2D eigenvalue weighted by Crippen LogP contribution is -2.44. The zero-order valence-corrected chi connectivity index (χ0v) is 12.6. The molecule has 0 unspecified atom stereocenters. The second-order valence-electron chi connectivity index (χ2n) is 5.59. The molecule has 1 saturated carbocycles. The molecule has 0 aromatic rings. The third kappa shape index (κ3) is 6.06. The number of nitrogens with one attached hydrogen (secondary N) is 2. The van der Waals surface area contributed by atoms with Crippen molar-refractivity contribution in [3.63, 3.8) is 0 Å². The van der Waals surface area contributed by atoms with Gasteiger partial charge in [-0.1, -0.05) is 19.3 Å². The van der Waals surface area contributed by atoms with Gasteiger partial charge in [0, 0.05) is 32.7 Å². The van der Waals surface area contributed by atoms with Crippen molar-refractivity contribution < 1.29 is 4.74 Å². The maximum Gasteiger partial charge on any atom is 0.166 e. The lowest BCUT2D eigenvalue weighted by Gasteiger charge is -2.27. The van der Waals surface area contributed by atoms with Crippen molar-refractivity contribution >= 4 is 17.3 Å². The molecule has 0 aromatic carbocycles. The van der Waals surface area contributed by atoms with Gasteiger partial charge in [-0.05, 0) is 31.0 Å². The minimum Gasteiger partial charge on any atom is -0.379 e. The number of hydrogen-bond donors (Lipinski definition) is 2. The molecule has 2 aliphatic rings. The van der Waals surface area contributed by atoms with Gasteiger partial charge in [0.25, 0.3) is 0 Å². The summed E-state index contributed by atoms with van der Waals surface area (Å²) in [4.78, 5) is 2.42. The molecular weight excluding hydrogens is 258 g/mol. The molecule has 0 amide bonds. The van der Waals surface area contributed by atoms with Crippen LogP contribution in [0.4, 0.5) is 0 Å². The van der Waals surface area contributed by atoms with Crippen molar-refractivity contribution in [1.29, 1.82) is 0 Å². The molecule has 0 spiro atoms. The number of hydrogen-bond acceptors (Lipinski definition) is 3. The second kappa shape index (κ2) is 8.72. The van der Waals surface area contributed by atoms with E-state index in [-0.39, 0.29) is 0 Å². The first kappa shape index (κ1) is 15.0. The summed E-state index contributed by atoms with van der Waals surface area (Å²) in [6.07, 6.45) is 6.93. The second-order valence-corrected chi connectivity index (χ2v) is 6.00. The van der Waals surface area contributed by atoms with Crippen LogP contribution in [0.25, 0.3) is 0 Å². The normalized spacial score (nSPS) is 22.1. The van der Waals surface area contributed by atoms with Gasteiger partial charge in [-0.25, -0.2) is 0 Å². The van der Waals surface area contributed by atoms with Gasteiger partial charge in [0.15, 0.2) is 5.11 Å². The van der Waals surface area contributed by atoms with E-state index >= 15 is 0 Å². The van der Waals surface area contributed by atoms with Crippen molar-refractivity contribution in [3.8, 4) is 0 Å². The van der Waals surface area contributed by atoms with Crippen LogP contribution in [0, 0.1) is 5.92 Å². The number of nitrogens with zero attached hydrogens (tertiary/aromatic N) is 1.